The van der Waals surface area contributed by atoms with E-state index in [1.807, 2.05) is 0 Å². The molecule has 0 atom stereocenters. The minimum Gasteiger partial charge on any atom is -0.338 e. The second-order valence-corrected chi connectivity index (χ2v) is 5.29. The van der Waals surface area contributed by atoms with Crippen LogP contribution in [-0.4, -0.2) is 24.7 Å². The molecule has 0 aromatic rings. The Morgan fingerprint density at radius 3 is 2.50 bits per heavy atom. The van der Waals surface area contributed by atoms with Gasteiger partial charge in [0.25, 0.3) is 0 Å². The molecule has 2 fully saturated rings. The van der Waals surface area contributed by atoms with Crippen LogP contribution in [0.3, 0.4) is 0 Å². The molecule has 2 aliphatic rings. The summed E-state index contributed by atoms with van der Waals surface area (Å²) in [7, 11) is 0. The van der Waals surface area contributed by atoms with Crippen molar-refractivity contribution in [2.75, 3.05) is 6.54 Å². The lowest BCUT2D eigenvalue weighted by Crippen LogP contribution is -2.47. The third-order valence-electron chi connectivity index (χ3n) is 3.76. The third kappa shape index (κ3) is 3.37. The van der Waals surface area contributed by atoms with Crippen LogP contribution in [0.25, 0.3) is 0 Å². The molecular weight excluding hydrogens is 202 g/mol. The zero-order valence-corrected chi connectivity index (χ0v) is 9.87. The molecule has 0 heterocycles. The fourth-order valence-corrected chi connectivity index (χ4v) is 2.67. The van der Waals surface area contributed by atoms with Crippen molar-refractivity contribution in [2.24, 2.45) is 11.7 Å². The number of urea groups is 1. The van der Waals surface area contributed by atoms with E-state index in [9.17, 15) is 4.79 Å². The number of hydrogen-bond acceptors (Lipinski definition) is 2. The molecule has 0 saturated heterocycles. The number of carbonyl (C=O) groups is 1. The van der Waals surface area contributed by atoms with Crippen LogP contribution in [0.4, 0.5) is 4.79 Å². The number of hydrogen-bond donors (Lipinski definition) is 3. The minimum absolute atomic E-state index is 0.00683. The Hall–Kier alpha value is -0.770. The molecule has 0 aliphatic heterocycles. The molecule has 2 aliphatic carbocycles. The molecule has 4 heteroatoms. The van der Waals surface area contributed by atoms with Crippen LogP contribution in [0.15, 0.2) is 0 Å². The van der Waals surface area contributed by atoms with Crippen LogP contribution < -0.4 is 16.4 Å². The Morgan fingerprint density at radius 2 is 1.88 bits per heavy atom. The Bertz CT molecular complexity index is 232. The van der Waals surface area contributed by atoms with Gasteiger partial charge in [-0.2, -0.15) is 0 Å². The van der Waals surface area contributed by atoms with Gasteiger partial charge in [0, 0.05) is 18.6 Å². The van der Waals surface area contributed by atoms with Gasteiger partial charge in [0.15, 0.2) is 0 Å². The molecule has 4 nitrogen and oxygen atoms in total. The first kappa shape index (κ1) is 11.7. The van der Waals surface area contributed by atoms with Crippen LogP contribution in [-0.2, 0) is 0 Å². The SMILES string of the molecule is NC1CC(CNC(=O)NC2CCCCC2)C1. The minimum atomic E-state index is 0.00683. The average molecular weight is 225 g/mol. The van der Waals surface area contributed by atoms with E-state index < -0.39 is 0 Å². The molecule has 0 radical (unpaired) electrons. The first-order chi connectivity index (χ1) is 7.74. The monoisotopic (exact) mass is 225 g/mol. The standard InChI is InChI=1S/C12H23N3O/c13-10-6-9(7-10)8-14-12(16)15-11-4-2-1-3-5-11/h9-11H,1-8,13H2,(H2,14,15,16). The molecule has 16 heavy (non-hydrogen) atoms. The molecule has 0 bridgehead atoms. The summed E-state index contributed by atoms with van der Waals surface area (Å²) in [6.45, 7) is 0.784. The molecule has 2 saturated carbocycles. The zero-order valence-electron chi connectivity index (χ0n) is 9.87. The summed E-state index contributed by atoms with van der Waals surface area (Å²) >= 11 is 0. The predicted molar refractivity (Wildman–Crippen MR) is 64.1 cm³/mol. The molecule has 2 amide bonds. The van der Waals surface area contributed by atoms with E-state index in [1.54, 1.807) is 0 Å². The smallest absolute Gasteiger partial charge is 0.315 e. The van der Waals surface area contributed by atoms with Crippen LogP contribution in [0.1, 0.15) is 44.9 Å². The second-order valence-electron chi connectivity index (χ2n) is 5.29. The van der Waals surface area contributed by atoms with E-state index in [2.05, 4.69) is 10.6 Å². The average Bonchev–Trinajstić information content (AvgIpc) is 2.24. The van der Waals surface area contributed by atoms with Crippen molar-refractivity contribution in [3.05, 3.63) is 0 Å². The number of nitrogens with one attached hydrogen (secondary N) is 2. The molecule has 0 aromatic heterocycles. The highest BCUT2D eigenvalue weighted by molar-refractivity contribution is 5.74. The van der Waals surface area contributed by atoms with Crippen molar-refractivity contribution in [1.29, 1.82) is 0 Å². The highest BCUT2D eigenvalue weighted by Crippen LogP contribution is 2.24. The Labute approximate surface area is 97.3 Å². The molecule has 92 valence electrons. The molecule has 2 rings (SSSR count). The lowest BCUT2D eigenvalue weighted by molar-refractivity contribution is 0.219. The highest BCUT2D eigenvalue weighted by atomic mass is 16.2. The number of carbonyl (C=O) groups excluding carboxylic acids is 1. The van der Waals surface area contributed by atoms with Gasteiger partial charge in [0.2, 0.25) is 0 Å². The fourth-order valence-electron chi connectivity index (χ4n) is 2.67. The maximum Gasteiger partial charge on any atom is 0.315 e. The van der Waals surface area contributed by atoms with Gasteiger partial charge < -0.3 is 16.4 Å². The number of nitrogens with two attached hydrogens (primary N) is 1. The van der Waals surface area contributed by atoms with Crippen molar-refractivity contribution in [2.45, 2.75) is 57.0 Å². The largest absolute Gasteiger partial charge is 0.338 e. The molecule has 0 unspecified atom stereocenters. The summed E-state index contributed by atoms with van der Waals surface area (Å²) in [6.07, 6.45) is 8.22. The molecule has 0 aromatic carbocycles. The van der Waals surface area contributed by atoms with Crippen molar-refractivity contribution >= 4 is 6.03 Å². The van der Waals surface area contributed by atoms with Crippen LogP contribution >= 0.6 is 0 Å². The van der Waals surface area contributed by atoms with E-state index in [0.29, 0.717) is 18.0 Å². The summed E-state index contributed by atoms with van der Waals surface area (Å²) in [4.78, 5) is 11.6. The fraction of sp³-hybridized carbons (Fsp3) is 0.917. The summed E-state index contributed by atoms with van der Waals surface area (Å²) in [5.74, 6) is 0.604. The van der Waals surface area contributed by atoms with E-state index in [0.717, 1.165) is 32.2 Å². The number of amides is 2. The van der Waals surface area contributed by atoms with Crippen molar-refractivity contribution < 1.29 is 4.79 Å². The Kier molecular flexibility index (Phi) is 4.04. The maximum atomic E-state index is 11.6. The molecular formula is C12H23N3O. The van der Waals surface area contributed by atoms with Crippen LogP contribution in [0, 0.1) is 5.92 Å². The van der Waals surface area contributed by atoms with Crippen LogP contribution in [0.5, 0.6) is 0 Å². The summed E-state index contributed by atoms with van der Waals surface area (Å²) in [5.41, 5.74) is 5.70. The summed E-state index contributed by atoms with van der Waals surface area (Å²) < 4.78 is 0. The predicted octanol–water partition coefficient (Wildman–Crippen LogP) is 1.36. The topological polar surface area (TPSA) is 67.1 Å². The van der Waals surface area contributed by atoms with Gasteiger partial charge in [-0.05, 0) is 31.6 Å². The van der Waals surface area contributed by atoms with Gasteiger partial charge in [0.1, 0.15) is 0 Å². The third-order valence-corrected chi connectivity index (χ3v) is 3.76. The van der Waals surface area contributed by atoms with Gasteiger partial charge in [-0.3, -0.25) is 0 Å². The van der Waals surface area contributed by atoms with Crippen LogP contribution in [0.2, 0.25) is 0 Å². The van der Waals surface area contributed by atoms with Gasteiger partial charge >= 0.3 is 6.03 Å². The Morgan fingerprint density at radius 1 is 1.19 bits per heavy atom. The number of rotatable bonds is 3. The van der Waals surface area contributed by atoms with E-state index in [-0.39, 0.29) is 6.03 Å². The van der Waals surface area contributed by atoms with E-state index >= 15 is 0 Å². The first-order valence-corrected chi connectivity index (χ1v) is 6.54. The van der Waals surface area contributed by atoms with Gasteiger partial charge in [-0.1, -0.05) is 19.3 Å². The normalized spacial score (nSPS) is 30.6. The van der Waals surface area contributed by atoms with E-state index in [4.69, 9.17) is 5.73 Å². The zero-order chi connectivity index (χ0) is 11.4. The second kappa shape index (κ2) is 5.53. The van der Waals surface area contributed by atoms with Gasteiger partial charge in [0.05, 0.1) is 0 Å². The van der Waals surface area contributed by atoms with E-state index in [1.165, 1.54) is 19.3 Å². The molecule has 4 N–H and O–H groups in total. The Balaban J connectivity index is 1.57. The summed E-state index contributed by atoms with van der Waals surface area (Å²) in [6, 6.07) is 0.776. The maximum absolute atomic E-state index is 11.6. The quantitative estimate of drug-likeness (QED) is 0.679. The first-order valence-electron chi connectivity index (χ1n) is 6.54. The highest BCUT2D eigenvalue weighted by Gasteiger charge is 2.26. The summed E-state index contributed by atoms with van der Waals surface area (Å²) in [5, 5.41) is 6.00. The van der Waals surface area contributed by atoms with Gasteiger partial charge in [-0.25, -0.2) is 4.79 Å². The lowest BCUT2D eigenvalue weighted by atomic mass is 9.81. The van der Waals surface area contributed by atoms with Crippen molar-refractivity contribution in [1.82, 2.24) is 10.6 Å². The van der Waals surface area contributed by atoms with Crippen molar-refractivity contribution in [3.8, 4) is 0 Å². The van der Waals surface area contributed by atoms with Gasteiger partial charge in [-0.15, -0.1) is 0 Å². The lowest BCUT2D eigenvalue weighted by Gasteiger charge is -2.32. The molecule has 0 spiro atoms. The van der Waals surface area contributed by atoms with Crippen molar-refractivity contribution in [3.63, 3.8) is 0 Å².